The molecule has 6 nitrogen and oxygen atoms in total. The fourth-order valence-corrected chi connectivity index (χ4v) is 3.07. The molecule has 0 saturated heterocycles. The number of halogens is 1. The fraction of sp³-hybridized carbons (Fsp3) is 0.0870. The van der Waals surface area contributed by atoms with Crippen LogP contribution in [0.5, 0.6) is 0 Å². The number of carbonyl (C=O) groups is 3. The van der Waals surface area contributed by atoms with Crippen molar-refractivity contribution in [1.29, 1.82) is 0 Å². The predicted octanol–water partition coefficient (Wildman–Crippen LogP) is 3.48. The number of hydrazine groups is 1. The normalized spacial score (nSPS) is 10.3. The number of hydrogen-bond acceptors (Lipinski definition) is 4. The van der Waals surface area contributed by atoms with E-state index in [-0.39, 0.29) is 10.6 Å². The highest BCUT2D eigenvalue weighted by Crippen LogP contribution is 2.25. The standard InChI is InChI=1S/C23H19ClN2O4/c24-19-14-8-7-13-18(19)22(28)26-25-20(27)15-30-23(29)21(16-9-3-1-4-10-16)17-11-5-2-6-12-17/h1-14,21H,15H2,(H,25,27)(H,26,28). The summed E-state index contributed by atoms with van der Waals surface area (Å²) in [5.41, 5.74) is 6.16. The van der Waals surface area contributed by atoms with Crippen LogP contribution < -0.4 is 10.9 Å². The van der Waals surface area contributed by atoms with E-state index in [1.165, 1.54) is 6.07 Å². The van der Waals surface area contributed by atoms with Crippen molar-refractivity contribution in [2.24, 2.45) is 0 Å². The molecular formula is C23H19ClN2O4. The Morgan fingerprint density at radius 2 is 1.30 bits per heavy atom. The van der Waals surface area contributed by atoms with Crippen LogP contribution >= 0.6 is 11.6 Å². The Bertz CT molecular complexity index is 986. The van der Waals surface area contributed by atoms with Crippen LogP contribution in [0.15, 0.2) is 84.9 Å². The van der Waals surface area contributed by atoms with Crippen LogP contribution in [0.1, 0.15) is 27.4 Å². The van der Waals surface area contributed by atoms with Gasteiger partial charge in [0.25, 0.3) is 11.8 Å². The van der Waals surface area contributed by atoms with Crippen LogP contribution in [-0.4, -0.2) is 24.4 Å². The average Bonchev–Trinajstić information content (AvgIpc) is 2.78. The molecule has 0 aliphatic carbocycles. The lowest BCUT2D eigenvalue weighted by Crippen LogP contribution is -2.43. The van der Waals surface area contributed by atoms with Crippen molar-refractivity contribution in [3.05, 3.63) is 107 Å². The van der Waals surface area contributed by atoms with E-state index in [0.29, 0.717) is 0 Å². The molecule has 0 aliphatic rings. The van der Waals surface area contributed by atoms with Gasteiger partial charge in [-0.1, -0.05) is 84.4 Å². The van der Waals surface area contributed by atoms with Gasteiger partial charge in [0, 0.05) is 0 Å². The third-order valence-electron chi connectivity index (χ3n) is 4.28. The van der Waals surface area contributed by atoms with Crippen molar-refractivity contribution in [1.82, 2.24) is 10.9 Å². The largest absolute Gasteiger partial charge is 0.455 e. The Kier molecular flexibility index (Phi) is 7.19. The quantitative estimate of drug-likeness (QED) is 0.470. The molecule has 2 N–H and O–H groups in total. The van der Waals surface area contributed by atoms with Gasteiger partial charge in [0.2, 0.25) is 0 Å². The maximum absolute atomic E-state index is 12.7. The number of amides is 2. The van der Waals surface area contributed by atoms with Gasteiger partial charge in [0.05, 0.1) is 10.6 Å². The van der Waals surface area contributed by atoms with Crippen molar-refractivity contribution in [2.45, 2.75) is 5.92 Å². The van der Waals surface area contributed by atoms with Gasteiger partial charge in [0.1, 0.15) is 5.92 Å². The summed E-state index contributed by atoms with van der Waals surface area (Å²) in [6.45, 7) is -0.544. The van der Waals surface area contributed by atoms with Crippen LogP contribution in [-0.2, 0) is 14.3 Å². The molecule has 3 aromatic carbocycles. The maximum atomic E-state index is 12.7. The topological polar surface area (TPSA) is 84.5 Å². The zero-order valence-corrected chi connectivity index (χ0v) is 16.6. The zero-order chi connectivity index (χ0) is 21.3. The molecule has 2 amide bonds. The van der Waals surface area contributed by atoms with E-state index >= 15 is 0 Å². The summed E-state index contributed by atoms with van der Waals surface area (Å²) < 4.78 is 5.21. The van der Waals surface area contributed by atoms with Crippen LogP contribution in [0, 0.1) is 0 Å². The van der Waals surface area contributed by atoms with Crippen LogP contribution in [0.4, 0.5) is 0 Å². The predicted molar refractivity (Wildman–Crippen MR) is 113 cm³/mol. The summed E-state index contributed by atoms with van der Waals surface area (Å²) >= 11 is 5.95. The first-order valence-electron chi connectivity index (χ1n) is 9.16. The second-order valence-corrected chi connectivity index (χ2v) is 6.75. The lowest BCUT2D eigenvalue weighted by Gasteiger charge is -2.17. The summed E-state index contributed by atoms with van der Waals surface area (Å²) in [5.74, 6) is -2.49. The van der Waals surface area contributed by atoms with E-state index in [1.807, 2.05) is 60.7 Å². The molecule has 152 valence electrons. The van der Waals surface area contributed by atoms with E-state index < -0.39 is 30.3 Å². The second kappa shape index (κ2) is 10.2. The van der Waals surface area contributed by atoms with Crippen LogP contribution in [0.25, 0.3) is 0 Å². The zero-order valence-electron chi connectivity index (χ0n) is 15.9. The molecule has 0 atom stereocenters. The first-order valence-corrected chi connectivity index (χ1v) is 9.54. The van der Waals surface area contributed by atoms with E-state index in [2.05, 4.69) is 10.9 Å². The molecule has 0 radical (unpaired) electrons. The minimum absolute atomic E-state index is 0.213. The molecule has 0 saturated carbocycles. The van der Waals surface area contributed by atoms with Gasteiger partial charge in [0.15, 0.2) is 6.61 Å². The third-order valence-corrected chi connectivity index (χ3v) is 4.61. The van der Waals surface area contributed by atoms with Gasteiger partial charge >= 0.3 is 5.97 Å². The lowest BCUT2D eigenvalue weighted by atomic mass is 9.91. The number of carbonyl (C=O) groups excluding carboxylic acids is 3. The third kappa shape index (κ3) is 5.46. The van der Waals surface area contributed by atoms with Crippen molar-refractivity contribution >= 4 is 29.4 Å². The summed E-state index contributed by atoms with van der Waals surface area (Å²) in [7, 11) is 0. The summed E-state index contributed by atoms with van der Waals surface area (Å²) in [5, 5.41) is 0.254. The van der Waals surface area contributed by atoms with Crippen LogP contribution in [0.3, 0.4) is 0 Å². The van der Waals surface area contributed by atoms with Crippen molar-refractivity contribution in [3.63, 3.8) is 0 Å². The molecular weight excluding hydrogens is 404 g/mol. The van der Waals surface area contributed by atoms with Gasteiger partial charge in [-0.05, 0) is 23.3 Å². The molecule has 30 heavy (non-hydrogen) atoms. The van der Waals surface area contributed by atoms with E-state index in [0.717, 1.165) is 11.1 Å². The number of nitrogens with one attached hydrogen (secondary N) is 2. The minimum atomic E-state index is -0.677. The first-order chi connectivity index (χ1) is 14.6. The van der Waals surface area contributed by atoms with Crippen molar-refractivity contribution in [2.75, 3.05) is 6.61 Å². The van der Waals surface area contributed by atoms with Gasteiger partial charge < -0.3 is 4.74 Å². The first kappa shape index (κ1) is 21.1. The van der Waals surface area contributed by atoms with Gasteiger partial charge in [-0.25, -0.2) is 0 Å². The van der Waals surface area contributed by atoms with Crippen molar-refractivity contribution in [3.8, 4) is 0 Å². The Balaban J connectivity index is 1.59. The molecule has 0 unspecified atom stereocenters. The number of benzene rings is 3. The Hall–Kier alpha value is -3.64. The molecule has 3 aromatic rings. The lowest BCUT2D eigenvalue weighted by molar-refractivity contribution is -0.149. The van der Waals surface area contributed by atoms with E-state index in [1.54, 1.807) is 18.2 Å². The summed E-state index contributed by atoms with van der Waals surface area (Å²) in [6, 6.07) is 24.7. The Labute approximate surface area is 178 Å². The molecule has 0 bridgehead atoms. The highest BCUT2D eigenvalue weighted by molar-refractivity contribution is 6.33. The van der Waals surface area contributed by atoms with Crippen molar-refractivity contribution < 1.29 is 19.1 Å². The smallest absolute Gasteiger partial charge is 0.318 e. The average molecular weight is 423 g/mol. The number of esters is 1. The fourth-order valence-electron chi connectivity index (χ4n) is 2.85. The van der Waals surface area contributed by atoms with Gasteiger partial charge in [-0.2, -0.15) is 0 Å². The minimum Gasteiger partial charge on any atom is -0.455 e. The monoisotopic (exact) mass is 422 g/mol. The Morgan fingerprint density at radius 1 is 0.767 bits per heavy atom. The number of ether oxygens (including phenoxy) is 1. The molecule has 3 rings (SSSR count). The summed E-state index contributed by atoms with van der Waals surface area (Å²) in [6.07, 6.45) is 0. The number of rotatable bonds is 6. The highest BCUT2D eigenvalue weighted by atomic mass is 35.5. The SMILES string of the molecule is O=C(COC(=O)C(c1ccccc1)c1ccccc1)NNC(=O)c1ccccc1Cl. The molecule has 0 fully saturated rings. The maximum Gasteiger partial charge on any atom is 0.318 e. The highest BCUT2D eigenvalue weighted by Gasteiger charge is 2.24. The molecule has 0 aromatic heterocycles. The Morgan fingerprint density at radius 3 is 1.87 bits per heavy atom. The van der Waals surface area contributed by atoms with E-state index in [4.69, 9.17) is 16.3 Å². The number of hydrogen-bond donors (Lipinski definition) is 2. The second-order valence-electron chi connectivity index (χ2n) is 6.34. The van der Waals surface area contributed by atoms with E-state index in [9.17, 15) is 14.4 Å². The molecule has 0 spiro atoms. The molecule has 7 heteroatoms. The molecule has 0 heterocycles. The van der Waals surface area contributed by atoms with Crippen LogP contribution in [0.2, 0.25) is 5.02 Å². The summed E-state index contributed by atoms with van der Waals surface area (Å²) in [4.78, 5) is 36.8. The molecule has 0 aliphatic heterocycles. The van der Waals surface area contributed by atoms with Gasteiger partial charge in [-0.15, -0.1) is 0 Å². The van der Waals surface area contributed by atoms with Gasteiger partial charge in [-0.3, -0.25) is 25.2 Å².